The van der Waals surface area contributed by atoms with E-state index in [0.717, 1.165) is 5.56 Å². The minimum Gasteiger partial charge on any atom is -0.395 e. The van der Waals surface area contributed by atoms with Crippen molar-refractivity contribution in [1.29, 1.82) is 0 Å². The summed E-state index contributed by atoms with van der Waals surface area (Å²) < 4.78 is 0. The second kappa shape index (κ2) is 5.06. The standard InChI is InChI=1S/C9H9Cl3O/c10-7-3-1-2-6(4-7)9(12)8(11)5-13/h1-4,8-9,13H,5H2. The molecular weight excluding hydrogens is 230 g/mol. The maximum Gasteiger partial charge on any atom is 0.0771 e. The first-order chi connectivity index (χ1) is 6.15. The van der Waals surface area contributed by atoms with E-state index >= 15 is 0 Å². The van der Waals surface area contributed by atoms with Gasteiger partial charge < -0.3 is 5.11 Å². The highest BCUT2D eigenvalue weighted by atomic mass is 35.5. The van der Waals surface area contributed by atoms with Crippen molar-refractivity contribution in [2.24, 2.45) is 0 Å². The molecule has 0 aliphatic heterocycles. The lowest BCUT2D eigenvalue weighted by molar-refractivity contribution is 0.290. The third kappa shape index (κ3) is 3.03. The van der Waals surface area contributed by atoms with Gasteiger partial charge in [0.15, 0.2) is 0 Å². The van der Waals surface area contributed by atoms with Crippen molar-refractivity contribution in [1.82, 2.24) is 0 Å². The van der Waals surface area contributed by atoms with Gasteiger partial charge in [-0.3, -0.25) is 0 Å². The summed E-state index contributed by atoms with van der Waals surface area (Å²) in [6.07, 6.45) is 0. The van der Waals surface area contributed by atoms with Crippen molar-refractivity contribution in [2.75, 3.05) is 6.61 Å². The highest BCUT2D eigenvalue weighted by Crippen LogP contribution is 2.29. The summed E-state index contributed by atoms with van der Waals surface area (Å²) in [5.41, 5.74) is 0.822. The Balaban J connectivity index is 2.82. The predicted octanol–water partition coefficient (Wildman–Crippen LogP) is 3.22. The van der Waals surface area contributed by atoms with Crippen LogP contribution in [0.3, 0.4) is 0 Å². The molecule has 72 valence electrons. The molecule has 0 amide bonds. The quantitative estimate of drug-likeness (QED) is 0.803. The molecule has 0 aliphatic rings. The number of hydrogen-bond acceptors (Lipinski definition) is 1. The fourth-order valence-corrected chi connectivity index (χ4v) is 1.54. The maximum absolute atomic E-state index is 8.79. The van der Waals surface area contributed by atoms with Crippen LogP contribution in [0, 0.1) is 0 Å². The van der Waals surface area contributed by atoms with E-state index in [4.69, 9.17) is 39.9 Å². The first-order valence-corrected chi connectivity index (χ1v) is 5.04. The van der Waals surface area contributed by atoms with E-state index in [1.807, 2.05) is 6.07 Å². The minimum absolute atomic E-state index is 0.151. The van der Waals surface area contributed by atoms with Gasteiger partial charge >= 0.3 is 0 Å². The molecule has 0 radical (unpaired) electrons. The molecule has 0 aliphatic carbocycles. The number of halogens is 3. The molecule has 1 rings (SSSR count). The minimum atomic E-state index is -0.486. The summed E-state index contributed by atoms with van der Waals surface area (Å²) in [6, 6.07) is 7.13. The lowest BCUT2D eigenvalue weighted by Gasteiger charge is -2.13. The van der Waals surface area contributed by atoms with Gasteiger partial charge in [-0.25, -0.2) is 0 Å². The van der Waals surface area contributed by atoms with E-state index in [1.165, 1.54) is 0 Å². The molecule has 0 bridgehead atoms. The summed E-state index contributed by atoms with van der Waals surface area (Å²) in [5.74, 6) is 0. The van der Waals surface area contributed by atoms with Crippen molar-refractivity contribution < 1.29 is 5.11 Å². The molecular formula is C9H9Cl3O. The van der Waals surface area contributed by atoms with Gasteiger partial charge in [0.25, 0.3) is 0 Å². The number of rotatable bonds is 3. The highest BCUT2D eigenvalue weighted by molar-refractivity contribution is 6.31. The summed E-state index contributed by atoms with van der Waals surface area (Å²) in [5, 5.41) is 8.50. The summed E-state index contributed by atoms with van der Waals surface area (Å²) >= 11 is 17.5. The Morgan fingerprint density at radius 3 is 2.54 bits per heavy atom. The Bertz CT molecular complexity index is 277. The Kier molecular flexibility index (Phi) is 4.33. The zero-order chi connectivity index (χ0) is 9.84. The number of alkyl halides is 2. The van der Waals surface area contributed by atoms with Gasteiger partial charge in [-0.15, -0.1) is 23.2 Å². The number of benzene rings is 1. The topological polar surface area (TPSA) is 20.2 Å². The van der Waals surface area contributed by atoms with E-state index in [-0.39, 0.29) is 6.61 Å². The fourth-order valence-electron chi connectivity index (χ4n) is 0.979. The van der Waals surface area contributed by atoms with E-state index in [2.05, 4.69) is 0 Å². The molecule has 0 heterocycles. The van der Waals surface area contributed by atoms with Crippen LogP contribution in [-0.2, 0) is 0 Å². The molecule has 0 fully saturated rings. The van der Waals surface area contributed by atoms with Crippen LogP contribution in [0.1, 0.15) is 10.9 Å². The van der Waals surface area contributed by atoms with Gasteiger partial charge in [0.05, 0.1) is 17.4 Å². The summed E-state index contributed by atoms with van der Waals surface area (Å²) in [4.78, 5) is 0. The van der Waals surface area contributed by atoms with Crippen LogP contribution in [0.25, 0.3) is 0 Å². The van der Waals surface area contributed by atoms with E-state index in [0.29, 0.717) is 5.02 Å². The second-order valence-corrected chi connectivity index (χ2v) is 4.12. The average Bonchev–Trinajstić information content (AvgIpc) is 2.15. The molecule has 13 heavy (non-hydrogen) atoms. The molecule has 0 aromatic heterocycles. The predicted molar refractivity (Wildman–Crippen MR) is 56.8 cm³/mol. The number of hydrogen-bond donors (Lipinski definition) is 1. The molecule has 0 spiro atoms. The van der Waals surface area contributed by atoms with Crippen LogP contribution in [-0.4, -0.2) is 17.1 Å². The van der Waals surface area contributed by atoms with Gasteiger partial charge in [0.1, 0.15) is 0 Å². The monoisotopic (exact) mass is 238 g/mol. The zero-order valence-corrected chi connectivity index (χ0v) is 9.02. The Hall–Kier alpha value is 0.0500. The molecule has 1 aromatic carbocycles. The SMILES string of the molecule is OCC(Cl)C(Cl)c1cccc(Cl)c1. The first kappa shape index (κ1) is 11.1. The lowest BCUT2D eigenvalue weighted by Crippen LogP contribution is -2.11. The fraction of sp³-hybridized carbons (Fsp3) is 0.333. The maximum atomic E-state index is 8.79. The Morgan fingerprint density at radius 1 is 1.31 bits per heavy atom. The van der Waals surface area contributed by atoms with Crippen molar-refractivity contribution in [2.45, 2.75) is 10.8 Å². The van der Waals surface area contributed by atoms with Crippen LogP contribution in [0.5, 0.6) is 0 Å². The van der Waals surface area contributed by atoms with E-state index in [9.17, 15) is 0 Å². The van der Waals surface area contributed by atoms with E-state index in [1.54, 1.807) is 18.2 Å². The molecule has 4 heteroatoms. The smallest absolute Gasteiger partial charge is 0.0771 e. The largest absolute Gasteiger partial charge is 0.395 e. The zero-order valence-electron chi connectivity index (χ0n) is 6.75. The van der Waals surface area contributed by atoms with Crippen LogP contribution in [0.2, 0.25) is 5.02 Å². The summed E-state index contributed by atoms with van der Waals surface area (Å²) in [7, 11) is 0. The van der Waals surface area contributed by atoms with Gasteiger partial charge in [-0.05, 0) is 17.7 Å². The molecule has 2 atom stereocenters. The number of aliphatic hydroxyl groups excluding tert-OH is 1. The van der Waals surface area contributed by atoms with Crippen molar-refractivity contribution in [3.8, 4) is 0 Å². The van der Waals surface area contributed by atoms with Gasteiger partial charge in [0.2, 0.25) is 0 Å². The third-order valence-electron chi connectivity index (χ3n) is 1.66. The third-order valence-corrected chi connectivity index (χ3v) is 2.97. The van der Waals surface area contributed by atoms with Crippen LogP contribution in [0.4, 0.5) is 0 Å². The highest BCUT2D eigenvalue weighted by Gasteiger charge is 2.17. The van der Waals surface area contributed by atoms with Gasteiger partial charge in [-0.1, -0.05) is 23.7 Å². The average molecular weight is 240 g/mol. The van der Waals surface area contributed by atoms with Crippen LogP contribution in [0.15, 0.2) is 24.3 Å². The molecule has 1 aromatic rings. The van der Waals surface area contributed by atoms with Gasteiger partial charge in [0, 0.05) is 5.02 Å². The summed E-state index contributed by atoms with van der Waals surface area (Å²) in [6.45, 7) is -0.151. The normalized spacial score (nSPS) is 15.4. The van der Waals surface area contributed by atoms with Crippen LogP contribution < -0.4 is 0 Å². The van der Waals surface area contributed by atoms with Crippen molar-refractivity contribution in [3.05, 3.63) is 34.9 Å². The first-order valence-electron chi connectivity index (χ1n) is 3.79. The van der Waals surface area contributed by atoms with E-state index < -0.39 is 10.8 Å². The number of aliphatic hydroxyl groups is 1. The van der Waals surface area contributed by atoms with Crippen molar-refractivity contribution >= 4 is 34.8 Å². The second-order valence-electron chi connectivity index (χ2n) is 2.66. The Labute approximate surface area is 92.2 Å². The Morgan fingerprint density at radius 2 is 2.00 bits per heavy atom. The molecule has 0 saturated carbocycles. The lowest BCUT2D eigenvalue weighted by atomic mass is 10.1. The molecule has 2 unspecified atom stereocenters. The molecule has 1 nitrogen and oxygen atoms in total. The van der Waals surface area contributed by atoms with Crippen LogP contribution >= 0.6 is 34.8 Å². The molecule has 1 N–H and O–H groups in total. The van der Waals surface area contributed by atoms with Crippen molar-refractivity contribution in [3.63, 3.8) is 0 Å². The molecule has 0 saturated heterocycles. The van der Waals surface area contributed by atoms with Gasteiger partial charge in [-0.2, -0.15) is 0 Å².